The molecule has 30 heavy (non-hydrogen) atoms. The molecule has 9 heteroatoms. The summed E-state index contributed by atoms with van der Waals surface area (Å²) in [5.74, 6) is -0.347. The molecule has 0 saturated carbocycles. The molecule has 2 aromatic heterocycles. The molecule has 1 amide bonds. The Bertz CT molecular complexity index is 1070. The van der Waals surface area contributed by atoms with E-state index in [1.54, 1.807) is 6.20 Å². The van der Waals surface area contributed by atoms with Gasteiger partial charge in [-0.05, 0) is 49.2 Å². The molecular formula is C21H24N4O3S2. The molecule has 0 spiro atoms. The van der Waals surface area contributed by atoms with Gasteiger partial charge in [0.15, 0.2) is 5.13 Å². The van der Waals surface area contributed by atoms with Gasteiger partial charge >= 0.3 is 0 Å². The monoisotopic (exact) mass is 444 g/mol. The van der Waals surface area contributed by atoms with Crippen molar-refractivity contribution in [3.63, 3.8) is 0 Å². The number of hydrogen-bond acceptors (Lipinski definition) is 6. The highest BCUT2D eigenvalue weighted by Gasteiger charge is 2.23. The van der Waals surface area contributed by atoms with Gasteiger partial charge in [-0.1, -0.05) is 19.9 Å². The summed E-state index contributed by atoms with van der Waals surface area (Å²) >= 11 is 1.30. The van der Waals surface area contributed by atoms with E-state index in [4.69, 9.17) is 0 Å². The van der Waals surface area contributed by atoms with E-state index >= 15 is 0 Å². The molecule has 0 aliphatic rings. The van der Waals surface area contributed by atoms with Crippen LogP contribution in [-0.2, 0) is 10.0 Å². The molecule has 0 fully saturated rings. The Labute approximate surface area is 180 Å². The molecule has 1 aromatic carbocycles. The molecule has 7 nitrogen and oxygen atoms in total. The molecule has 0 aliphatic heterocycles. The van der Waals surface area contributed by atoms with Crippen molar-refractivity contribution >= 4 is 32.4 Å². The third-order valence-corrected chi connectivity index (χ3v) is 7.02. The molecule has 2 heterocycles. The average molecular weight is 445 g/mol. The minimum absolute atomic E-state index is 0.188. The van der Waals surface area contributed by atoms with Crippen molar-refractivity contribution in [3.8, 4) is 11.4 Å². The van der Waals surface area contributed by atoms with Crippen molar-refractivity contribution in [2.75, 3.05) is 18.4 Å². The van der Waals surface area contributed by atoms with E-state index in [9.17, 15) is 13.2 Å². The summed E-state index contributed by atoms with van der Waals surface area (Å²) in [6, 6.07) is 11.5. The SMILES string of the molecule is CCCN(CCC)S(=O)(=O)c1ccc(C(=O)Nc2nc(-c3ccccn3)cs2)cc1. The van der Waals surface area contributed by atoms with E-state index in [0.29, 0.717) is 29.5 Å². The maximum Gasteiger partial charge on any atom is 0.257 e. The molecule has 3 rings (SSSR count). The lowest BCUT2D eigenvalue weighted by atomic mass is 10.2. The van der Waals surface area contributed by atoms with Crippen LogP contribution in [0.15, 0.2) is 58.9 Å². The van der Waals surface area contributed by atoms with Crippen molar-refractivity contribution < 1.29 is 13.2 Å². The Morgan fingerprint density at radius 1 is 1.03 bits per heavy atom. The number of anilines is 1. The molecule has 0 atom stereocenters. The van der Waals surface area contributed by atoms with Gasteiger partial charge in [0.2, 0.25) is 10.0 Å². The Hall–Kier alpha value is -2.62. The number of amides is 1. The third-order valence-electron chi connectivity index (χ3n) is 4.35. The topological polar surface area (TPSA) is 92.3 Å². The van der Waals surface area contributed by atoms with E-state index in [2.05, 4.69) is 15.3 Å². The minimum atomic E-state index is -3.57. The van der Waals surface area contributed by atoms with E-state index < -0.39 is 10.0 Å². The van der Waals surface area contributed by atoms with Crippen molar-refractivity contribution in [1.29, 1.82) is 0 Å². The lowest BCUT2D eigenvalue weighted by Crippen LogP contribution is -2.32. The van der Waals surface area contributed by atoms with E-state index in [1.807, 2.05) is 37.4 Å². The minimum Gasteiger partial charge on any atom is -0.298 e. The molecule has 3 aromatic rings. The van der Waals surface area contributed by atoms with Gasteiger partial charge in [0, 0.05) is 30.2 Å². The zero-order valence-corrected chi connectivity index (χ0v) is 18.5. The van der Waals surface area contributed by atoms with Crippen LogP contribution < -0.4 is 5.32 Å². The summed E-state index contributed by atoms with van der Waals surface area (Å²) < 4.78 is 27.1. The van der Waals surface area contributed by atoms with Gasteiger partial charge in [-0.15, -0.1) is 11.3 Å². The van der Waals surface area contributed by atoms with Crippen molar-refractivity contribution in [1.82, 2.24) is 14.3 Å². The van der Waals surface area contributed by atoms with Crippen molar-refractivity contribution in [2.24, 2.45) is 0 Å². The van der Waals surface area contributed by atoms with Crippen LogP contribution in [0.3, 0.4) is 0 Å². The van der Waals surface area contributed by atoms with Crippen LogP contribution >= 0.6 is 11.3 Å². The highest BCUT2D eigenvalue weighted by atomic mass is 32.2. The molecule has 0 saturated heterocycles. The van der Waals surface area contributed by atoms with E-state index in [1.165, 1.54) is 39.9 Å². The van der Waals surface area contributed by atoms with E-state index in [0.717, 1.165) is 18.5 Å². The fraction of sp³-hybridized carbons (Fsp3) is 0.286. The zero-order valence-electron chi connectivity index (χ0n) is 16.9. The normalized spacial score (nSPS) is 11.6. The quantitative estimate of drug-likeness (QED) is 0.532. The number of thiazole rings is 1. The van der Waals surface area contributed by atoms with Crippen molar-refractivity contribution in [2.45, 2.75) is 31.6 Å². The van der Waals surface area contributed by atoms with Crippen LogP contribution in [0.2, 0.25) is 0 Å². The first-order valence-corrected chi connectivity index (χ1v) is 12.1. The van der Waals surface area contributed by atoms with Gasteiger partial charge in [0.1, 0.15) is 5.69 Å². The van der Waals surface area contributed by atoms with Gasteiger partial charge in [-0.3, -0.25) is 15.1 Å². The van der Waals surface area contributed by atoms with Gasteiger partial charge in [0.25, 0.3) is 5.91 Å². The van der Waals surface area contributed by atoms with Crippen LogP contribution in [0.4, 0.5) is 5.13 Å². The predicted octanol–water partition coefficient (Wildman–Crippen LogP) is 4.27. The Kier molecular flexibility index (Phi) is 7.30. The standard InChI is InChI=1S/C21H24N4O3S2/c1-3-13-25(14-4-2)30(27,28)17-10-8-16(9-11-17)20(26)24-21-23-19(15-29-21)18-7-5-6-12-22-18/h5-12,15H,3-4,13-14H2,1-2H3,(H,23,24,26). The van der Waals surface area contributed by atoms with Crippen LogP contribution in [0, 0.1) is 0 Å². The number of aromatic nitrogens is 2. The number of benzene rings is 1. The first kappa shape index (κ1) is 22.1. The summed E-state index contributed by atoms with van der Waals surface area (Å²) in [7, 11) is -3.57. The first-order valence-electron chi connectivity index (χ1n) is 9.74. The molecule has 1 N–H and O–H groups in total. The lowest BCUT2D eigenvalue weighted by Gasteiger charge is -2.21. The van der Waals surface area contributed by atoms with Crippen LogP contribution in [0.5, 0.6) is 0 Å². The number of hydrogen-bond donors (Lipinski definition) is 1. The predicted molar refractivity (Wildman–Crippen MR) is 119 cm³/mol. The largest absolute Gasteiger partial charge is 0.298 e. The third kappa shape index (κ3) is 5.10. The average Bonchev–Trinajstić information content (AvgIpc) is 3.23. The summed E-state index contributed by atoms with van der Waals surface area (Å²) in [5.41, 5.74) is 1.78. The first-order chi connectivity index (χ1) is 14.5. The summed E-state index contributed by atoms with van der Waals surface area (Å²) in [5, 5.41) is 5.03. The maximum atomic E-state index is 12.8. The number of nitrogens with zero attached hydrogens (tertiary/aromatic N) is 3. The molecule has 0 bridgehead atoms. The van der Waals surface area contributed by atoms with Gasteiger partial charge in [-0.2, -0.15) is 4.31 Å². The second-order valence-corrected chi connectivity index (χ2v) is 9.43. The van der Waals surface area contributed by atoms with E-state index in [-0.39, 0.29) is 10.8 Å². The van der Waals surface area contributed by atoms with Gasteiger partial charge < -0.3 is 0 Å². The van der Waals surface area contributed by atoms with Gasteiger partial charge in [0.05, 0.1) is 10.6 Å². The maximum absolute atomic E-state index is 12.8. The second-order valence-electron chi connectivity index (χ2n) is 6.64. The van der Waals surface area contributed by atoms with Crippen LogP contribution in [-0.4, -0.2) is 41.7 Å². The molecule has 0 unspecified atom stereocenters. The number of rotatable bonds is 9. The van der Waals surface area contributed by atoms with Crippen LogP contribution in [0.25, 0.3) is 11.4 Å². The number of sulfonamides is 1. The fourth-order valence-corrected chi connectivity index (χ4v) is 5.23. The summed E-state index contributed by atoms with van der Waals surface area (Å²) in [6.07, 6.45) is 3.17. The zero-order chi connectivity index (χ0) is 21.6. The Morgan fingerprint density at radius 2 is 1.73 bits per heavy atom. The van der Waals surface area contributed by atoms with Gasteiger partial charge in [-0.25, -0.2) is 13.4 Å². The highest BCUT2D eigenvalue weighted by Crippen LogP contribution is 2.24. The molecule has 0 radical (unpaired) electrons. The number of carbonyl (C=O) groups is 1. The summed E-state index contributed by atoms with van der Waals surface area (Å²) in [4.78, 5) is 21.4. The Balaban J connectivity index is 1.72. The molecule has 158 valence electrons. The van der Waals surface area contributed by atoms with Crippen LogP contribution in [0.1, 0.15) is 37.0 Å². The number of carbonyl (C=O) groups excluding carboxylic acids is 1. The highest BCUT2D eigenvalue weighted by molar-refractivity contribution is 7.89. The summed E-state index contributed by atoms with van der Waals surface area (Å²) in [6.45, 7) is 4.84. The number of pyridine rings is 1. The smallest absolute Gasteiger partial charge is 0.257 e. The number of nitrogens with one attached hydrogen (secondary N) is 1. The molecular weight excluding hydrogens is 420 g/mol. The fourth-order valence-electron chi connectivity index (χ4n) is 2.91. The lowest BCUT2D eigenvalue weighted by molar-refractivity contribution is 0.102. The van der Waals surface area contributed by atoms with Crippen molar-refractivity contribution in [3.05, 3.63) is 59.6 Å². The second kappa shape index (κ2) is 9.92. The molecule has 0 aliphatic carbocycles. The Morgan fingerprint density at radius 3 is 2.33 bits per heavy atom.